The van der Waals surface area contributed by atoms with E-state index in [0.29, 0.717) is 26.3 Å². The van der Waals surface area contributed by atoms with E-state index in [1.165, 1.54) is 43.5 Å². The van der Waals surface area contributed by atoms with E-state index in [1.54, 1.807) is 31.2 Å². The number of anilines is 2. The summed E-state index contributed by atoms with van der Waals surface area (Å²) in [7, 11) is 1.38. The molecule has 1 aliphatic rings. The lowest BCUT2D eigenvalue weighted by Crippen LogP contribution is -2.54. The Morgan fingerprint density at radius 1 is 1.15 bits per heavy atom. The number of methoxy groups -OCH3 is 1. The molecule has 4 rings (SSSR count). The minimum Gasteiger partial charge on any atom is -0.493 e. The Bertz CT molecular complexity index is 1530. The normalized spacial score (nSPS) is 14.3. The van der Waals surface area contributed by atoms with Gasteiger partial charge >= 0.3 is 6.03 Å². The molecule has 0 radical (unpaired) electrons. The van der Waals surface area contributed by atoms with Gasteiger partial charge in [0.1, 0.15) is 11.4 Å². The predicted molar refractivity (Wildman–Crippen MR) is 146 cm³/mol. The summed E-state index contributed by atoms with van der Waals surface area (Å²) in [6, 6.07) is 12.2. The minimum atomic E-state index is -0.895. The summed E-state index contributed by atoms with van der Waals surface area (Å²) in [6.45, 7) is 1.27. The lowest BCUT2D eigenvalue weighted by molar-refractivity contribution is -0.122. The molecule has 0 saturated carbocycles. The van der Waals surface area contributed by atoms with Crippen LogP contribution in [-0.4, -0.2) is 37.5 Å². The van der Waals surface area contributed by atoms with E-state index in [2.05, 4.69) is 26.6 Å². The molecule has 0 bridgehead atoms. The van der Waals surface area contributed by atoms with Gasteiger partial charge in [0, 0.05) is 10.7 Å². The van der Waals surface area contributed by atoms with Crippen molar-refractivity contribution < 1.29 is 33.0 Å². The van der Waals surface area contributed by atoms with E-state index < -0.39 is 29.6 Å². The van der Waals surface area contributed by atoms with E-state index in [4.69, 9.17) is 21.1 Å². The van der Waals surface area contributed by atoms with Gasteiger partial charge in [0.25, 0.3) is 17.7 Å². The van der Waals surface area contributed by atoms with Crippen molar-refractivity contribution in [2.24, 2.45) is 0 Å². The molecule has 200 valence electrons. The first-order valence-corrected chi connectivity index (χ1v) is 12.5. The number of rotatable bonds is 7. The van der Waals surface area contributed by atoms with Crippen LogP contribution in [-0.2, 0) is 14.4 Å². The van der Waals surface area contributed by atoms with E-state index >= 15 is 0 Å². The van der Waals surface area contributed by atoms with Crippen molar-refractivity contribution in [2.75, 3.05) is 23.9 Å². The summed E-state index contributed by atoms with van der Waals surface area (Å²) in [4.78, 5) is 51.5. The monoisotopic (exact) mass is 615 g/mol. The topological polar surface area (TPSA) is 114 Å². The molecule has 1 fully saturated rings. The van der Waals surface area contributed by atoms with Gasteiger partial charge in [-0.05, 0) is 88.6 Å². The van der Waals surface area contributed by atoms with Crippen LogP contribution in [0, 0.1) is 12.7 Å². The maximum Gasteiger partial charge on any atom is 0.335 e. The average molecular weight is 617 g/mol. The second-order valence-electron chi connectivity index (χ2n) is 8.22. The molecule has 0 atom stereocenters. The van der Waals surface area contributed by atoms with Gasteiger partial charge < -0.3 is 14.8 Å². The van der Waals surface area contributed by atoms with Gasteiger partial charge in [0.2, 0.25) is 0 Å². The van der Waals surface area contributed by atoms with E-state index in [1.807, 2.05) is 0 Å². The number of halogens is 3. The average Bonchev–Trinajstić information content (AvgIpc) is 2.89. The molecule has 1 heterocycles. The third-order valence-corrected chi connectivity index (χ3v) is 6.62. The number of amides is 5. The van der Waals surface area contributed by atoms with Gasteiger partial charge in [0.15, 0.2) is 18.1 Å². The molecule has 0 spiro atoms. The van der Waals surface area contributed by atoms with Gasteiger partial charge in [0.05, 0.1) is 17.3 Å². The quantitative estimate of drug-likeness (QED) is 0.277. The van der Waals surface area contributed by atoms with Crippen LogP contribution >= 0.6 is 27.5 Å². The fourth-order valence-electron chi connectivity index (χ4n) is 3.71. The predicted octanol–water partition coefficient (Wildman–Crippen LogP) is 5.24. The fraction of sp³-hybridized carbons (Fsp3) is 0.111. The largest absolute Gasteiger partial charge is 0.493 e. The van der Waals surface area contributed by atoms with Crippen LogP contribution in [0.3, 0.4) is 0 Å². The van der Waals surface area contributed by atoms with Crippen molar-refractivity contribution in [1.82, 2.24) is 5.32 Å². The number of ether oxygens (including phenoxy) is 2. The second kappa shape index (κ2) is 11.7. The van der Waals surface area contributed by atoms with Crippen LogP contribution in [0.5, 0.6) is 11.5 Å². The molecule has 1 aliphatic heterocycles. The number of benzene rings is 3. The van der Waals surface area contributed by atoms with Gasteiger partial charge in [-0.15, -0.1) is 0 Å². The summed E-state index contributed by atoms with van der Waals surface area (Å²) in [5.74, 6) is -2.23. The molecule has 0 unspecified atom stereocenters. The second-order valence-corrected chi connectivity index (χ2v) is 9.48. The number of carbonyl (C=O) groups excluding carboxylic acids is 4. The molecule has 1 saturated heterocycles. The van der Waals surface area contributed by atoms with Crippen LogP contribution in [0.25, 0.3) is 6.08 Å². The van der Waals surface area contributed by atoms with Crippen molar-refractivity contribution in [2.45, 2.75) is 6.92 Å². The first-order valence-electron chi connectivity index (χ1n) is 11.3. The fourth-order valence-corrected chi connectivity index (χ4v) is 4.46. The first kappa shape index (κ1) is 27.8. The number of nitrogens with zero attached hydrogens (tertiary/aromatic N) is 1. The number of barbiturate groups is 1. The van der Waals surface area contributed by atoms with Gasteiger partial charge in [-0.2, -0.15) is 0 Å². The molecule has 0 aromatic heterocycles. The lowest BCUT2D eigenvalue weighted by Gasteiger charge is -2.27. The third kappa shape index (κ3) is 6.10. The molecule has 12 heteroatoms. The Morgan fingerprint density at radius 3 is 2.56 bits per heavy atom. The highest BCUT2D eigenvalue weighted by molar-refractivity contribution is 9.10. The molecular weight excluding hydrogens is 597 g/mol. The van der Waals surface area contributed by atoms with Gasteiger partial charge in [-0.1, -0.05) is 17.7 Å². The highest BCUT2D eigenvalue weighted by Crippen LogP contribution is 2.38. The van der Waals surface area contributed by atoms with Crippen LogP contribution in [0.15, 0.2) is 64.6 Å². The number of imide groups is 2. The van der Waals surface area contributed by atoms with Crippen LogP contribution in [0.4, 0.5) is 20.6 Å². The molecular formula is C27H20BrClFN3O6. The van der Waals surface area contributed by atoms with Crippen molar-refractivity contribution in [3.05, 3.63) is 86.6 Å². The Kier molecular flexibility index (Phi) is 8.32. The van der Waals surface area contributed by atoms with Crippen molar-refractivity contribution >= 4 is 68.7 Å². The Morgan fingerprint density at radius 2 is 1.87 bits per heavy atom. The van der Waals surface area contributed by atoms with Crippen molar-refractivity contribution in [1.29, 1.82) is 0 Å². The van der Waals surface area contributed by atoms with E-state index in [9.17, 15) is 23.6 Å². The summed E-state index contributed by atoms with van der Waals surface area (Å²) in [5, 5.41) is 5.10. The van der Waals surface area contributed by atoms with E-state index in [0.717, 1.165) is 4.90 Å². The standard InChI is InChI=1S/C27H20BrClFN3O6/c1-14-20(29)4-3-5-21(14)33-26(36)18(25(35)32-27(33)37)10-15-11-19(28)24(22(12-15)38-2)39-13-23(34)31-17-8-6-16(30)7-9-17/h3-12H,13H2,1-2H3,(H,31,34)(H,32,35,37)/b18-10-. The molecule has 3 aromatic carbocycles. The zero-order valence-electron chi connectivity index (χ0n) is 20.5. The van der Waals surface area contributed by atoms with Crippen molar-refractivity contribution in [3.8, 4) is 11.5 Å². The van der Waals surface area contributed by atoms with Crippen molar-refractivity contribution in [3.63, 3.8) is 0 Å². The molecule has 5 amide bonds. The van der Waals surface area contributed by atoms with Gasteiger partial charge in [-0.25, -0.2) is 14.1 Å². The maximum atomic E-state index is 13.3. The third-order valence-electron chi connectivity index (χ3n) is 5.62. The molecule has 9 nitrogen and oxygen atoms in total. The Labute approximate surface area is 235 Å². The number of hydrogen-bond donors (Lipinski definition) is 2. The summed E-state index contributed by atoms with van der Waals surface area (Å²) in [5.41, 5.74) is 1.21. The zero-order chi connectivity index (χ0) is 28.3. The zero-order valence-corrected chi connectivity index (χ0v) is 22.9. The molecule has 39 heavy (non-hydrogen) atoms. The molecule has 0 aliphatic carbocycles. The number of nitrogens with one attached hydrogen (secondary N) is 2. The first-order chi connectivity index (χ1) is 18.6. The number of hydrogen-bond acceptors (Lipinski definition) is 6. The number of carbonyl (C=O) groups is 4. The summed E-state index contributed by atoms with van der Waals surface area (Å²) < 4.78 is 24.4. The smallest absolute Gasteiger partial charge is 0.335 e. The van der Waals surface area contributed by atoms with Crippen LogP contribution in [0.1, 0.15) is 11.1 Å². The minimum absolute atomic E-state index is 0.194. The van der Waals surface area contributed by atoms with Crippen LogP contribution in [0.2, 0.25) is 5.02 Å². The summed E-state index contributed by atoms with van der Waals surface area (Å²) in [6.07, 6.45) is 1.30. The summed E-state index contributed by atoms with van der Waals surface area (Å²) >= 11 is 9.52. The lowest BCUT2D eigenvalue weighted by atomic mass is 10.1. The Hall–Kier alpha value is -4.22. The van der Waals surface area contributed by atoms with Crippen LogP contribution < -0.4 is 25.0 Å². The van der Waals surface area contributed by atoms with E-state index in [-0.39, 0.29) is 29.4 Å². The molecule has 3 aromatic rings. The SMILES string of the molecule is COc1cc(/C=C2/C(=O)NC(=O)N(c3cccc(Cl)c3C)C2=O)cc(Br)c1OCC(=O)Nc1ccc(F)cc1. The van der Waals surface area contributed by atoms with Gasteiger partial charge in [-0.3, -0.25) is 19.7 Å². The maximum absolute atomic E-state index is 13.3. The number of urea groups is 1. The highest BCUT2D eigenvalue weighted by atomic mass is 79.9. The highest BCUT2D eigenvalue weighted by Gasteiger charge is 2.37. The Balaban J connectivity index is 1.57. The molecule has 2 N–H and O–H groups in total.